The van der Waals surface area contributed by atoms with E-state index in [0.717, 1.165) is 26.1 Å². The van der Waals surface area contributed by atoms with Gasteiger partial charge in [-0.1, -0.05) is 65.8 Å². The van der Waals surface area contributed by atoms with E-state index in [9.17, 15) is 0 Å². The fraction of sp³-hybridized carbons (Fsp3) is 0. The van der Waals surface area contributed by atoms with Gasteiger partial charge in [0.05, 0.1) is 5.69 Å². The number of allylic oxidation sites excluding steroid dienone is 3. The molecule has 3 aromatic rings. The molecule has 0 aliphatic heterocycles. The first-order valence-electron chi connectivity index (χ1n) is 7.86. The highest BCUT2D eigenvalue weighted by Crippen LogP contribution is 2.38. The van der Waals surface area contributed by atoms with E-state index < -0.39 is 0 Å². The van der Waals surface area contributed by atoms with Crippen LogP contribution in [0, 0.1) is 22.7 Å². The molecule has 3 rings (SSSR count). The van der Waals surface area contributed by atoms with Gasteiger partial charge in [0.25, 0.3) is 0 Å². The second kappa shape index (κ2) is 9.21. The summed E-state index contributed by atoms with van der Waals surface area (Å²) in [6.07, 6.45) is 3.28. The van der Waals surface area contributed by atoms with Crippen molar-refractivity contribution >= 4 is 39.6 Å². The van der Waals surface area contributed by atoms with Crippen molar-refractivity contribution in [3.8, 4) is 23.4 Å². The maximum absolute atomic E-state index is 8.96. The summed E-state index contributed by atoms with van der Waals surface area (Å²) in [6.45, 7) is 0. The third kappa shape index (κ3) is 5.09. The molecule has 3 nitrogen and oxygen atoms in total. The summed E-state index contributed by atoms with van der Waals surface area (Å²) in [5.41, 5.74) is 2.97. The van der Waals surface area contributed by atoms with E-state index in [4.69, 9.17) is 27.1 Å². The quantitative estimate of drug-likeness (QED) is 0.273. The Balaban J connectivity index is 1.92. The maximum Gasteiger partial charge on any atom is 0.155 e. The molecule has 130 valence electrons. The predicted octanol–water partition coefficient (Wildman–Crippen LogP) is 6.57. The van der Waals surface area contributed by atoms with Crippen molar-refractivity contribution in [2.75, 3.05) is 0 Å². The molecule has 0 saturated heterocycles. The lowest BCUT2D eigenvalue weighted by atomic mass is 10.2. The topological polar surface area (TPSA) is 60.5 Å². The van der Waals surface area contributed by atoms with Gasteiger partial charge in [0.2, 0.25) is 0 Å². The molecule has 0 radical (unpaired) electrons. The van der Waals surface area contributed by atoms with Crippen molar-refractivity contribution in [3.63, 3.8) is 0 Å². The second-order valence-electron chi connectivity index (χ2n) is 5.31. The summed E-state index contributed by atoms with van der Waals surface area (Å²) in [5, 5.41) is 20.6. The van der Waals surface area contributed by atoms with Crippen LogP contribution in [0.5, 0.6) is 0 Å². The molecule has 0 aliphatic rings. The average Bonchev–Trinajstić information content (AvgIpc) is 3.18. The van der Waals surface area contributed by atoms with Gasteiger partial charge < -0.3 is 0 Å². The monoisotopic (exact) mass is 405 g/mol. The van der Waals surface area contributed by atoms with Crippen LogP contribution in [0.2, 0.25) is 5.02 Å². The Hall–Kier alpha value is -2.83. The van der Waals surface area contributed by atoms with Gasteiger partial charge in [0, 0.05) is 20.9 Å². The van der Waals surface area contributed by atoms with Crippen LogP contribution in [-0.2, 0) is 0 Å². The number of thiazole rings is 1. The van der Waals surface area contributed by atoms with Crippen LogP contribution in [0.25, 0.3) is 16.2 Å². The van der Waals surface area contributed by atoms with Crippen LogP contribution < -0.4 is 0 Å². The van der Waals surface area contributed by atoms with Crippen LogP contribution in [-0.4, -0.2) is 4.98 Å². The molecule has 27 heavy (non-hydrogen) atoms. The van der Waals surface area contributed by atoms with Crippen molar-refractivity contribution < 1.29 is 0 Å². The first-order valence-corrected chi connectivity index (χ1v) is 9.94. The number of halogens is 1. The van der Waals surface area contributed by atoms with Gasteiger partial charge in [0.15, 0.2) is 4.34 Å². The summed E-state index contributed by atoms with van der Waals surface area (Å²) in [6, 6.07) is 21.1. The predicted molar refractivity (Wildman–Crippen MR) is 112 cm³/mol. The van der Waals surface area contributed by atoms with E-state index in [-0.39, 0.29) is 5.57 Å². The molecule has 6 heteroatoms. The van der Waals surface area contributed by atoms with Gasteiger partial charge in [-0.05, 0) is 29.8 Å². The third-order valence-corrected chi connectivity index (χ3v) is 5.80. The summed E-state index contributed by atoms with van der Waals surface area (Å²) in [4.78, 5) is 5.57. The molecule has 0 unspecified atom stereocenters. The highest BCUT2D eigenvalue weighted by molar-refractivity contribution is 8.09. The van der Waals surface area contributed by atoms with Crippen LogP contribution in [0.3, 0.4) is 0 Å². The molecule has 1 aromatic heterocycles. The Bertz CT molecular complexity index is 1050. The molecular weight excluding hydrogens is 394 g/mol. The Kier molecular flexibility index (Phi) is 6.46. The van der Waals surface area contributed by atoms with Crippen molar-refractivity contribution in [2.24, 2.45) is 0 Å². The average molecular weight is 406 g/mol. The number of aromatic nitrogens is 1. The van der Waals surface area contributed by atoms with Crippen molar-refractivity contribution in [1.82, 2.24) is 4.98 Å². The van der Waals surface area contributed by atoms with Gasteiger partial charge in [-0.15, -0.1) is 11.3 Å². The van der Waals surface area contributed by atoms with E-state index >= 15 is 0 Å². The first-order chi connectivity index (χ1) is 13.2. The molecular formula is C21H12ClN3S2. The van der Waals surface area contributed by atoms with Crippen LogP contribution in [0.1, 0.15) is 5.56 Å². The highest BCUT2D eigenvalue weighted by Gasteiger charge is 2.09. The van der Waals surface area contributed by atoms with Crippen molar-refractivity contribution in [3.05, 3.63) is 88.3 Å². The van der Waals surface area contributed by atoms with E-state index in [1.165, 1.54) is 17.8 Å². The third-order valence-electron chi connectivity index (χ3n) is 3.52. The number of nitrogens with zero attached hydrogens (tertiary/aromatic N) is 3. The number of hydrogen-bond donors (Lipinski definition) is 0. The molecule has 0 atom stereocenters. The molecule has 0 spiro atoms. The minimum Gasteiger partial charge on any atom is -0.229 e. The minimum absolute atomic E-state index is 0.0474. The zero-order valence-electron chi connectivity index (χ0n) is 14.0. The number of thioether (sulfide) groups is 1. The van der Waals surface area contributed by atoms with E-state index in [2.05, 4.69) is 0 Å². The Morgan fingerprint density at radius 3 is 2.37 bits per heavy atom. The van der Waals surface area contributed by atoms with Crippen LogP contribution in [0.15, 0.2) is 82.0 Å². The van der Waals surface area contributed by atoms with E-state index in [1.807, 2.05) is 72.1 Å². The fourth-order valence-corrected chi connectivity index (χ4v) is 4.21. The number of hydrogen-bond acceptors (Lipinski definition) is 5. The maximum atomic E-state index is 8.96. The van der Waals surface area contributed by atoms with Gasteiger partial charge >= 0.3 is 0 Å². The number of nitriles is 2. The molecule has 0 bridgehead atoms. The van der Waals surface area contributed by atoms with E-state index in [1.54, 1.807) is 17.4 Å². The lowest BCUT2D eigenvalue weighted by molar-refractivity contribution is 1.26. The molecule has 0 N–H and O–H groups in total. The lowest BCUT2D eigenvalue weighted by Crippen LogP contribution is -1.82. The molecule has 0 saturated carbocycles. The fourth-order valence-electron chi connectivity index (χ4n) is 2.20. The smallest absolute Gasteiger partial charge is 0.155 e. The molecule has 0 fully saturated rings. The SMILES string of the molecule is N#CC(C#N)=C/C=C(/Sc1nc(-c2ccccc2)cs1)c1ccc(Cl)cc1. The summed E-state index contributed by atoms with van der Waals surface area (Å²) in [5.74, 6) is 0. The van der Waals surface area contributed by atoms with Gasteiger partial charge in [-0.3, -0.25) is 0 Å². The summed E-state index contributed by atoms with van der Waals surface area (Å²) in [7, 11) is 0. The summed E-state index contributed by atoms with van der Waals surface area (Å²) >= 11 is 9.02. The second-order valence-corrected chi connectivity index (χ2v) is 7.89. The number of rotatable bonds is 5. The standard InChI is InChI=1S/C21H12ClN3S2/c22-18-9-7-17(8-10-18)20(11-6-15(12-23)13-24)27-21-25-19(14-26-21)16-4-2-1-3-5-16/h1-11,14H/b20-11+. The van der Waals surface area contributed by atoms with Gasteiger partial charge in [-0.2, -0.15) is 10.5 Å². The Morgan fingerprint density at radius 1 is 1.00 bits per heavy atom. The number of benzene rings is 2. The normalized spacial score (nSPS) is 10.7. The highest BCUT2D eigenvalue weighted by atomic mass is 35.5. The van der Waals surface area contributed by atoms with Crippen molar-refractivity contribution in [1.29, 1.82) is 10.5 Å². The zero-order chi connectivity index (χ0) is 19.1. The molecule has 1 heterocycles. The van der Waals surface area contributed by atoms with Gasteiger partial charge in [-0.25, -0.2) is 4.98 Å². The van der Waals surface area contributed by atoms with Crippen molar-refractivity contribution in [2.45, 2.75) is 4.34 Å². The summed E-state index contributed by atoms with van der Waals surface area (Å²) < 4.78 is 0.874. The van der Waals surface area contributed by atoms with Crippen LogP contribution >= 0.6 is 34.7 Å². The largest absolute Gasteiger partial charge is 0.229 e. The van der Waals surface area contributed by atoms with Gasteiger partial charge in [0.1, 0.15) is 17.7 Å². The lowest BCUT2D eigenvalue weighted by Gasteiger charge is -2.05. The van der Waals surface area contributed by atoms with E-state index in [0.29, 0.717) is 5.02 Å². The molecule has 0 aliphatic carbocycles. The van der Waals surface area contributed by atoms with Crippen LogP contribution in [0.4, 0.5) is 0 Å². The minimum atomic E-state index is 0.0474. The zero-order valence-corrected chi connectivity index (χ0v) is 16.4. The molecule has 2 aromatic carbocycles. The Morgan fingerprint density at radius 2 is 1.70 bits per heavy atom. The first kappa shape index (κ1) is 18.9. The molecule has 0 amide bonds. The Labute approximate surface area is 170 Å².